The smallest absolute Gasteiger partial charge is 0.232 e. The van der Waals surface area contributed by atoms with Gasteiger partial charge in [0, 0.05) is 31.3 Å². The van der Waals surface area contributed by atoms with Gasteiger partial charge < -0.3 is 10.6 Å². The summed E-state index contributed by atoms with van der Waals surface area (Å²) >= 11 is 0. The third-order valence-corrected chi connectivity index (χ3v) is 4.73. The van der Waals surface area contributed by atoms with Crippen molar-refractivity contribution in [2.24, 2.45) is 0 Å². The summed E-state index contributed by atoms with van der Waals surface area (Å²) in [6, 6.07) is 11.9. The molecular weight excluding hydrogens is 373 g/mol. The minimum absolute atomic E-state index is 0.104. The fourth-order valence-electron chi connectivity index (χ4n) is 2.39. The zero-order valence-corrected chi connectivity index (χ0v) is 15.7. The molecule has 2 N–H and O–H groups in total. The van der Waals surface area contributed by atoms with Crippen molar-refractivity contribution >= 4 is 38.9 Å². The van der Waals surface area contributed by atoms with Crippen molar-refractivity contribution < 1.29 is 22.4 Å². The second-order valence-electron chi connectivity index (χ2n) is 5.84. The highest BCUT2D eigenvalue weighted by Crippen LogP contribution is 2.22. The summed E-state index contributed by atoms with van der Waals surface area (Å²) in [5.41, 5.74) is 0.974. The van der Waals surface area contributed by atoms with Crippen LogP contribution in [0.15, 0.2) is 48.5 Å². The monoisotopic (exact) mass is 393 g/mol. The lowest BCUT2D eigenvalue weighted by atomic mass is 10.2. The predicted molar refractivity (Wildman–Crippen MR) is 103 cm³/mol. The van der Waals surface area contributed by atoms with Crippen molar-refractivity contribution in [3.63, 3.8) is 0 Å². The molecule has 0 aliphatic rings. The molecule has 0 unspecified atom stereocenters. The van der Waals surface area contributed by atoms with Crippen LogP contribution in [0.5, 0.6) is 0 Å². The van der Waals surface area contributed by atoms with E-state index in [9.17, 15) is 22.4 Å². The van der Waals surface area contributed by atoms with Crippen LogP contribution in [0.1, 0.15) is 13.3 Å². The number of carbonyl (C=O) groups is 2. The number of hydrogen-bond acceptors (Lipinski definition) is 4. The van der Waals surface area contributed by atoms with E-state index in [1.165, 1.54) is 25.1 Å². The topological polar surface area (TPSA) is 95.6 Å². The quantitative estimate of drug-likeness (QED) is 0.756. The molecule has 9 heteroatoms. The third-order valence-electron chi connectivity index (χ3n) is 3.55. The number of nitrogens with one attached hydrogen (secondary N) is 2. The maximum Gasteiger partial charge on any atom is 0.232 e. The van der Waals surface area contributed by atoms with Crippen LogP contribution in [0.2, 0.25) is 0 Å². The summed E-state index contributed by atoms with van der Waals surface area (Å²) in [5, 5.41) is 5.23. The molecule has 0 aromatic heterocycles. The number of amides is 2. The molecule has 0 saturated carbocycles. The van der Waals surface area contributed by atoms with Gasteiger partial charge in [0.15, 0.2) is 0 Å². The van der Waals surface area contributed by atoms with Gasteiger partial charge in [-0.25, -0.2) is 12.8 Å². The van der Waals surface area contributed by atoms with Crippen LogP contribution < -0.4 is 14.9 Å². The summed E-state index contributed by atoms with van der Waals surface area (Å²) in [6.45, 7) is 1.19. The van der Waals surface area contributed by atoms with E-state index in [0.29, 0.717) is 11.4 Å². The zero-order valence-electron chi connectivity index (χ0n) is 14.9. The van der Waals surface area contributed by atoms with Gasteiger partial charge in [-0.3, -0.25) is 13.9 Å². The Kier molecular flexibility index (Phi) is 6.51. The largest absolute Gasteiger partial charge is 0.326 e. The minimum Gasteiger partial charge on any atom is -0.326 e. The number of rotatable bonds is 7. The van der Waals surface area contributed by atoms with Gasteiger partial charge >= 0.3 is 0 Å². The van der Waals surface area contributed by atoms with Crippen molar-refractivity contribution in [1.82, 2.24) is 0 Å². The van der Waals surface area contributed by atoms with Gasteiger partial charge in [0.25, 0.3) is 0 Å². The zero-order chi connectivity index (χ0) is 20.0. The number of para-hydroxylation sites is 1. The standard InChI is InChI=1S/C18H20FN3O4S/c1-13(23)20-14-7-9-15(10-8-14)21-18(24)11-12-22(27(2,25)26)17-6-4-3-5-16(17)19/h3-10H,11-12H2,1-2H3,(H,20,23)(H,21,24). The minimum atomic E-state index is -3.75. The molecule has 2 amide bonds. The average molecular weight is 393 g/mol. The number of nitrogens with zero attached hydrogens (tertiary/aromatic N) is 1. The predicted octanol–water partition coefficient (Wildman–Crippen LogP) is 2.58. The molecule has 0 heterocycles. The summed E-state index contributed by atoms with van der Waals surface area (Å²) < 4.78 is 38.7. The lowest BCUT2D eigenvalue weighted by molar-refractivity contribution is -0.116. The Hall–Kier alpha value is -2.94. The molecule has 2 aromatic carbocycles. The number of benzene rings is 2. The Morgan fingerprint density at radius 1 is 1.00 bits per heavy atom. The molecule has 7 nitrogen and oxygen atoms in total. The fourth-order valence-corrected chi connectivity index (χ4v) is 3.31. The van der Waals surface area contributed by atoms with Crippen LogP contribution >= 0.6 is 0 Å². The van der Waals surface area contributed by atoms with Gasteiger partial charge in [-0.05, 0) is 36.4 Å². The van der Waals surface area contributed by atoms with E-state index in [-0.39, 0.29) is 24.6 Å². The Labute approximate surface area is 157 Å². The van der Waals surface area contributed by atoms with E-state index in [1.807, 2.05) is 0 Å². The van der Waals surface area contributed by atoms with Gasteiger partial charge in [-0.2, -0.15) is 0 Å². The molecular formula is C18H20FN3O4S. The molecule has 27 heavy (non-hydrogen) atoms. The first-order chi connectivity index (χ1) is 12.7. The Balaban J connectivity index is 2.02. The SMILES string of the molecule is CC(=O)Nc1ccc(NC(=O)CCN(c2ccccc2F)S(C)(=O)=O)cc1. The molecule has 2 aromatic rings. The molecule has 0 bridgehead atoms. The second-order valence-corrected chi connectivity index (χ2v) is 7.75. The highest BCUT2D eigenvalue weighted by molar-refractivity contribution is 7.92. The van der Waals surface area contributed by atoms with Gasteiger partial charge in [0.2, 0.25) is 21.8 Å². The third kappa shape index (κ3) is 6.07. The number of anilines is 3. The highest BCUT2D eigenvalue weighted by Gasteiger charge is 2.21. The van der Waals surface area contributed by atoms with Crippen molar-refractivity contribution in [1.29, 1.82) is 0 Å². The molecule has 2 rings (SSSR count). The summed E-state index contributed by atoms with van der Waals surface area (Å²) in [4.78, 5) is 23.1. The molecule has 0 fully saturated rings. The van der Waals surface area contributed by atoms with Crippen molar-refractivity contribution in [2.75, 3.05) is 27.7 Å². The van der Waals surface area contributed by atoms with E-state index in [1.54, 1.807) is 24.3 Å². The maximum absolute atomic E-state index is 13.9. The summed E-state index contributed by atoms with van der Waals surface area (Å²) in [5.74, 6) is -1.31. The van der Waals surface area contributed by atoms with Crippen LogP contribution in [0, 0.1) is 5.82 Å². The highest BCUT2D eigenvalue weighted by atomic mass is 32.2. The first-order valence-electron chi connectivity index (χ1n) is 8.06. The number of hydrogen-bond donors (Lipinski definition) is 2. The molecule has 0 atom stereocenters. The maximum atomic E-state index is 13.9. The summed E-state index contributed by atoms with van der Waals surface area (Å²) in [7, 11) is -3.75. The number of halogens is 1. The first kappa shape index (κ1) is 20.4. The van der Waals surface area contributed by atoms with Crippen molar-refractivity contribution in [2.45, 2.75) is 13.3 Å². The summed E-state index contributed by atoms with van der Waals surface area (Å²) in [6.07, 6.45) is 0.799. The average Bonchev–Trinajstić information content (AvgIpc) is 2.57. The van der Waals surface area contributed by atoms with E-state index in [0.717, 1.165) is 16.6 Å². The van der Waals surface area contributed by atoms with Crippen LogP contribution in [0.3, 0.4) is 0 Å². The number of carbonyl (C=O) groups excluding carboxylic acids is 2. The van der Waals surface area contributed by atoms with Crippen LogP contribution in [-0.4, -0.2) is 33.0 Å². The van der Waals surface area contributed by atoms with Gasteiger partial charge in [-0.15, -0.1) is 0 Å². The van der Waals surface area contributed by atoms with Crippen LogP contribution in [0.4, 0.5) is 21.5 Å². The van der Waals surface area contributed by atoms with E-state index in [4.69, 9.17) is 0 Å². The molecule has 0 saturated heterocycles. The molecule has 0 aliphatic carbocycles. The van der Waals surface area contributed by atoms with Crippen LogP contribution in [-0.2, 0) is 19.6 Å². The lowest BCUT2D eigenvalue weighted by Gasteiger charge is -2.22. The Bertz CT molecular complexity index is 930. The van der Waals surface area contributed by atoms with E-state index < -0.39 is 21.7 Å². The second kappa shape index (κ2) is 8.63. The number of sulfonamides is 1. The van der Waals surface area contributed by atoms with Crippen molar-refractivity contribution in [3.8, 4) is 0 Å². The molecule has 0 radical (unpaired) electrons. The van der Waals surface area contributed by atoms with Gasteiger partial charge in [0.1, 0.15) is 5.82 Å². The van der Waals surface area contributed by atoms with Gasteiger partial charge in [0.05, 0.1) is 11.9 Å². The molecule has 144 valence electrons. The molecule has 0 aliphatic heterocycles. The normalized spacial score (nSPS) is 10.9. The van der Waals surface area contributed by atoms with E-state index >= 15 is 0 Å². The fraction of sp³-hybridized carbons (Fsp3) is 0.222. The first-order valence-corrected chi connectivity index (χ1v) is 9.91. The van der Waals surface area contributed by atoms with E-state index in [2.05, 4.69) is 10.6 Å². The Morgan fingerprint density at radius 2 is 1.56 bits per heavy atom. The molecule has 0 spiro atoms. The van der Waals surface area contributed by atoms with Crippen molar-refractivity contribution in [3.05, 3.63) is 54.3 Å². The van der Waals surface area contributed by atoms with Crippen LogP contribution in [0.25, 0.3) is 0 Å². The van der Waals surface area contributed by atoms with Gasteiger partial charge in [-0.1, -0.05) is 12.1 Å². The lowest BCUT2D eigenvalue weighted by Crippen LogP contribution is -2.33. The Morgan fingerprint density at radius 3 is 2.07 bits per heavy atom.